The Morgan fingerprint density at radius 2 is 1.88 bits per heavy atom. The lowest BCUT2D eigenvalue weighted by atomic mass is 10.00. The van der Waals surface area contributed by atoms with E-state index in [2.05, 4.69) is 33.5 Å². The molecule has 88 valence electrons. The molecule has 0 aromatic heterocycles. The zero-order chi connectivity index (χ0) is 12.3. The maximum atomic E-state index is 11.0. The average Bonchev–Trinajstić information content (AvgIpc) is 2.15. The molecule has 0 aliphatic rings. The fraction of sp³-hybridized carbons (Fsp3) is 0.462. The molecular weight excluding hydrogens is 216 g/mol. The van der Waals surface area contributed by atoms with E-state index >= 15 is 0 Å². The first-order chi connectivity index (χ1) is 7.35. The summed E-state index contributed by atoms with van der Waals surface area (Å²) in [6.07, 6.45) is 0.876. The summed E-state index contributed by atoms with van der Waals surface area (Å²) in [6.45, 7) is 10.6. The third-order valence-corrected chi connectivity index (χ3v) is 3.05. The molecule has 0 radical (unpaired) electrons. The molecule has 0 saturated heterocycles. The normalized spacial score (nSPS) is 11.6. The summed E-state index contributed by atoms with van der Waals surface area (Å²) in [7, 11) is -1.68. The number of hydrogen-bond donors (Lipinski definition) is 0. The molecule has 3 heteroatoms. The van der Waals surface area contributed by atoms with Crippen LogP contribution in [0, 0.1) is 0 Å². The van der Waals surface area contributed by atoms with Crippen LogP contribution < -0.4 is 4.43 Å². The number of benzene rings is 1. The second kappa shape index (κ2) is 4.83. The highest BCUT2D eigenvalue weighted by Gasteiger charge is 2.21. The summed E-state index contributed by atoms with van der Waals surface area (Å²) in [5.74, 6) is 1.15. The van der Waals surface area contributed by atoms with Crippen molar-refractivity contribution in [3.8, 4) is 5.75 Å². The van der Waals surface area contributed by atoms with Crippen LogP contribution in [0.5, 0.6) is 5.75 Å². The summed E-state index contributed by atoms with van der Waals surface area (Å²) >= 11 is 0. The van der Waals surface area contributed by atoms with Gasteiger partial charge in [0.15, 0.2) is 6.29 Å². The van der Waals surface area contributed by atoms with Gasteiger partial charge < -0.3 is 4.43 Å². The quantitative estimate of drug-likeness (QED) is 0.586. The molecule has 1 aromatic rings. The summed E-state index contributed by atoms with van der Waals surface area (Å²) in [5.41, 5.74) is 1.78. The van der Waals surface area contributed by atoms with Gasteiger partial charge in [-0.3, -0.25) is 4.79 Å². The molecule has 2 nitrogen and oxygen atoms in total. The number of para-hydroxylation sites is 1. The molecule has 1 rings (SSSR count). The molecule has 0 aliphatic carbocycles. The number of carbonyl (C=O) groups excluding carboxylic acids is 1. The highest BCUT2D eigenvalue weighted by atomic mass is 28.4. The van der Waals surface area contributed by atoms with Gasteiger partial charge >= 0.3 is 0 Å². The third kappa shape index (κ3) is 3.20. The van der Waals surface area contributed by atoms with Crippen molar-refractivity contribution in [3.05, 3.63) is 29.3 Å². The van der Waals surface area contributed by atoms with Crippen LogP contribution in [0.3, 0.4) is 0 Å². The minimum absolute atomic E-state index is 0.367. The summed E-state index contributed by atoms with van der Waals surface area (Å²) < 4.78 is 6.02. The Hall–Kier alpha value is -1.09. The Bertz CT molecular complexity index is 378. The van der Waals surface area contributed by atoms with Gasteiger partial charge in [-0.2, -0.15) is 0 Å². The summed E-state index contributed by atoms with van der Waals surface area (Å²) in [6, 6.07) is 5.76. The standard InChI is InChI=1S/C13H20O2Si/c1-10(2)12-8-6-7-11(9-14)13(12)15-16(3,4)5/h6-10H,1-5H3. The van der Waals surface area contributed by atoms with Gasteiger partial charge in [0.25, 0.3) is 0 Å². The predicted molar refractivity (Wildman–Crippen MR) is 69.9 cm³/mol. The fourth-order valence-electron chi connectivity index (χ4n) is 1.54. The predicted octanol–water partition coefficient (Wildman–Crippen LogP) is 3.84. The van der Waals surface area contributed by atoms with Crippen molar-refractivity contribution >= 4 is 14.6 Å². The SMILES string of the molecule is CC(C)c1cccc(C=O)c1O[Si](C)(C)C. The van der Waals surface area contributed by atoms with Crippen molar-refractivity contribution in [2.45, 2.75) is 39.4 Å². The van der Waals surface area contributed by atoms with E-state index in [4.69, 9.17) is 4.43 Å². The van der Waals surface area contributed by atoms with Gasteiger partial charge in [0.2, 0.25) is 8.32 Å². The van der Waals surface area contributed by atoms with Gasteiger partial charge in [0.05, 0.1) is 5.56 Å². The lowest BCUT2D eigenvalue weighted by Crippen LogP contribution is -2.30. The fourth-order valence-corrected chi connectivity index (χ4v) is 2.39. The first-order valence-electron chi connectivity index (χ1n) is 5.62. The number of carbonyl (C=O) groups is 1. The molecule has 0 fully saturated rings. The van der Waals surface area contributed by atoms with Crippen molar-refractivity contribution in [2.75, 3.05) is 0 Å². The molecule has 0 N–H and O–H groups in total. The molecular formula is C13H20O2Si. The first kappa shape index (κ1) is 13.0. The topological polar surface area (TPSA) is 26.3 Å². The molecule has 0 unspecified atom stereocenters. The Balaban J connectivity index is 3.25. The second-order valence-electron chi connectivity index (χ2n) is 5.25. The number of aldehydes is 1. The molecule has 0 amide bonds. The van der Waals surface area contributed by atoms with Crippen LogP contribution in [-0.2, 0) is 0 Å². The smallest absolute Gasteiger partial charge is 0.242 e. The molecule has 0 spiro atoms. The maximum Gasteiger partial charge on any atom is 0.242 e. The van der Waals surface area contributed by atoms with E-state index in [9.17, 15) is 4.79 Å². The van der Waals surface area contributed by atoms with Crippen LogP contribution in [0.25, 0.3) is 0 Å². The average molecular weight is 236 g/mol. The van der Waals surface area contributed by atoms with E-state index in [0.29, 0.717) is 11.5 Å². The molecule has 16 heavy (non-hydrogen) atoms. The van der Waals surface area contributed by atoms with E-state index in [1.54, 1.807) is 0 Å². The van der Waals surface area contributed by atoms with Crippen LogP contribution in [-0.4, -0.2) is 14.6 Å². The van der Waals surface area contributed by atoms with Crippen molar-refractivity contribution in [1.29, 1.82) is 0 Å². The van der Waals surface area contributed by atoms with E-state index in [1.807, 2.05) is 18.2 Å². The molecule has 0 saturated carbocycles. The monoisotopic (exact) mass is 236 g/mol. The van der Waals surface area contributed by atoms with Gasteiger partial charge in [-0.05, 0) is 37.2 Å². The minimum atomic E-state index is -1.68. The lowest BCUT2D eigenvalue weighted by molar-refractivity contribution is 0.112. The molecule has 0 aliphatic heterocycles. The van der Waals surface area contributed by atoms with Crippen LogP contribution in [0.2, 0.25) is 19.6 Å². The van der Waals surface area contributed by atoms with Crippen molar-refractivity contribution < 1.29 is 9.22 Å². The number of rotatable bonds is 4. The lowest BCUT2D eigenvalue weighted by Gasteiger charge is -2.24. The Labute approximate surface area is 98.8 Å². The van der Waals surface area contributed by atoms with Crippen molar-refractivity contribution in [2.24, 2.45) is 0 Å². The van der Waals surface area contributed by atoms with Crippen LogP contribution in [0.1, 0.15) is 35.7 Å². The summed E-state index contributed by atoms with van der Waals surface area (Å²) in [4.78, 5) is 11.0. The van der Waals surface area contributed by atoms with Gasteiger partial charge in [-0.15, -0.1) is 0 Å². The first-order valence-corrected chi connectivity index (χ1v) is 9.03. The zero-order valence-corrected chi connectivity index (χ0v) is 11.7. The molecule has 0 atom stereocenters. The zero-order valence-electron chi connectivity index (χ0n) is 10.7. The van der Waals surface area contributed by atoms with E-state index in [1.165, 1.54) is 0 Å². The maximum absolute atomic E-state index is 11.0. The molecule has 0 heterocycles. The Morgan fingerprint density at radius 1 is 1.25 bits per heavy atom. The second-order valence-corrected chi connectivity index (χ2v) is 9.68. The van der Waals surface area contributed by atoms with E-state index < -0.39 is 8.32 Å². The van der Waals surface area contributed by atoms with Crippen LogP contribution in [0.4, 0.5) is 0 Å². The minimum Gasteiger partial charge on any atom is -0.544 e. The highest BCUT2D eigenvalue weighted by molar-refractivity contribution is 6.70. The molecule has 0 bridgehead atoms. The van der Waals surface area contributed by atoms with E-state index in [0.717, 1.165) is 17.6 Å². The van der Waals surface area contributed by atoms with Gasteiger partial charge in [0, 0.05) is 0 Å². The van der Waals surface area contributed by atoms with Gasteiger partial charge in [-0.1, -0.05) is 26.0 Å². The van der Waals surface area contributed by atoms with Crippen LogP contribution in [0.15, 0.2) is 18.2 Å². The van der Waals surface area contributed by atoms with Gasteiger partial charge in [-0.25, -0.2) is 0 Å². The van der Waals surface area contributed by atoms with Crippen molar-refractivity contribution in [3.63, 3.8) is 0 Å². The highest BCUT2D eigenvalue weighted by Crippen LogP contribution is 2.31. The summed E-state index contributed by atoms with van der Waals surface area (Å²) in [5, 5.41) is 0. The van der Waals surface area contributed by atoms with E-state index in [-0.39, 0.29) is 0 Å². The Kier molecular flexibility index (Phi) is 3.91. The third-order valence-electron chi connectivity index (χ3n) is 2.23. The number of hydrogen-bond acceptors (Lipinski definition) is 2. The van der Waals surface area contributed by atoms with Crippen LogP contribution >= 0.6 is 0 Å². The van der Waals surface area contributed by atoms with Crippen molar-refractivity contribution in [1.82, 2.24) is 0 Å². The van der Waals surface area contributed by atoms with Gasteiger partial charge in [0.1, 0.15) is 5.75 Å². The Morgan fingerprint density at radius 3 is 2.31 bits per heavy atom. The largest absolute Gasteiger partial charge is 0.544 e. The molecule has 1 aromatic carbocycles.